The Morgan fingerprint density at radius 1 is 1.14 bits per heavy atom. The number of benzene rings is 1. The molecule has 0 radical (unpaired) electrons. The second kappa shape index (κ2) is 5.93. The van der Waals surface area contributed by atoms with Crippen LogP contribution in [-0.4, -0.2) is 21.1 Å². The SMILES string of the molecule is C[C@H](CN)Cc1cccc2nc(Nc3ccccc3)nn12. The number of aromatic nitrogens is 3. The molecule has 3 rings (SSSR count). The first-order valence-corrected chi connectivity index (χ1v) is 7.13. The molecule has 5 nitrogen and oxygen atoms in total. The van der Waals surface area contributed by atoms with Crippen molar-refractivity contribution in [1.29, 1.82) is 0 Å². The molecule has 21 heavy (non-hydrogen) atoms. The summed E-state index contributed by atoms with van der Waals surface area (Å²) in [4.78, 5) is 4.51. The highest BCUT2D eigenvalue weighted by Gasteiger charge is 2.09. The van der Waals surface area contributed by atoms with Crippen LogP contribution in [0.2, 0.25) is 0 Å². The maximum Gasteiger partial charge on any atom is 0.247 e. The summed E-state index contributed by atoms with van der Waals surface area (Å²) < 4.78 is 1.89. The fourth-order valence-electron chi connectivity index (χ4n) is 2.26. The largest absolute Gasteiger partial charge is 0.330 e. The average Bonchev–Trinajstić information content (AvgIpc) is 2.91. The third-order valence-corrected chi connectivity index (χ3v) is 3.43. The van der Waals surface area contributed by atoms with Gasteiger partial charge >= 0.3 is 0 Å². The maximum absolute atomic E-state index is 5.71. The molecule has 5 heteroatoms. The molecule has 2 heterocycles. The topological polar surface area (TPSA) is 68.2 Å². The quantitative estimate of drug-likeness (QED) is 0.754. The van der Waals surface area contributed by atoms with E-state index in [9.17, 15) is 0 Å². The molecule has 0 bridgehead atoms. The molecule has 0 fully saturated rings. The van der Waals surface area contributed by atoms with Crippen molar-refractivity contribution in [2.45, 2.75) is 13.3 Å². The van der Waals surface area contributed by atoms with Crippen molar-refractivity contribution < 1.29 is 0 Å². The lowest BCUT2D eigenvalue weighted by atomic mass is 10.1. The van der Waals surface area contributed by atoms with Gasteiger partial charge in [-0.05, 0) is 43.1 Å². The molecule has 1 aromatic carbocycles. The number of fused-ring (bicyclic) bond motifs is 1. The monoisotopic (exact) mass is 281 g/mol. The van der Waals surface area contributed by atoms with Gasteiger partial charge in [0.25, 0.3) is 0 Å². The molecule has 2 aromatic heterocycles. The molecule has 0 aliphatic carbocycles. The molecular weight excluding hydrogens is 262 g/mol. The minimum Gasteiger partial charge on any atom is -0.330 e. The Hall–Kier alpha value is -2.40. The van der Waals surface area contributed by atoms with E-state index in [0.717, 1.165) is 23.4 Å². The van der Waals surface area contributed by atoms with Gasteiger partial charge in [0.2, 0.25) is 5.95 Å². The highest BCUT2D eigenvalue weighted by molar-refractivity contribution is 5.55. The second-order valence-electron chi connectivity index (χ2n) is 5.26. The average molecular weight is 281 g/mol. The molecular formula is C16H19N5. The van der Waals surface area contributed by atoms with E-state index >= 15 is 0 Å². The van der Waals surface area contributed by atoms with Crippen LogP contribution < -0.4 is 11.1 Å². The maximum atomic E-state index is 5.71. The molecule has 0 amide bonds. The van der Waals surface area contributed by atoms with Crippen LogP contribution in [0.1, 0.15) is 12.6 Å². The van der Waals surface area contributed by atoms with Crippen molar-refractivity contribution in [3.63, 3.8) is 0 Å². The summed E-state index contributed by atoms with van der Waals surface area (Å²) in [6, 6.07) is 16.0. The Balaban J connectivity index is 1.91. The van der Waals surface area contributed by atoms with E-state index in [4.69, 9.17) is 5.73 Å². The van der Waals surface area contributed by atoms with Crippen molar-refractivity contribution in [2.24, 2.45) is 11.7 Å². The number of nitrogens with one attached hydrogen (secondary N) is 1. The van der Waals surface area contributed by atoms with Gasteiger partial charge in [-0.1, -0.05) is 31.2 Å². The summed E-state index contributed by atoms with van der Waals surface area (Å²) in [5.74, 6) is 1.03. The van der Waals surface area contributed by atoms with E-state index in [2.05, 4.69) is 28.4 Å². The smallest absolute Gasteiger partial charge is 0.247 e. The number of nitrogens with zero attached hydrogens (tertiary/aromatic N) is 3. The first-order valence-electron chi connectivity index (χ1n) is 7.13. The molecule has 0 aliphatic heterocycles. The van der Waals surface area contributed by atoms with E-state index in [0.29, 0.717) is 18.4 Å². The predicted molar refractivity (Wildman–Crippen MR) is 84.6 cm³/mol. The summed E-state index contributed by atoms with van der Waals surface area (Å²) in [5.41, 5.74) is 8.66. The van der Waals surface area contributed by atoms with E-state index in [1.54, 1.807) is 0 Å². The van der Waals surface area contributed by atoms with Crippen LogP contribution in [0.25, 0.3) is 5.65 Å². The van der Waals surface area contributed by atoms with Gasteiger partial charge in [0.05, 0.1) is 0 Å². The van der Waals surface area contributed by atoms with Gasteiger partial charge in [-0.25, -0.2) is 4.52 Å². The van der Waals surface area contributed by atoms with Crippen LogP contribution in [0.15, 0.2) is 48.5 Å². The number of nitrogens with two attached hydrogens (primary N) is 1. The number of pyridine rings is 1. The number of hydrogen-bond acceptors (Lipinski definition) is 4. The minimum absolute atomic E-state index is 0.422. The van der Waals surface area contributed by atoms with Gasteiger partial charge in [0, 0.05) is 11.4 Å². The van der Waals surface area contributed by atoms with Crippen molar-refractivity contribution in [3.05, 3.63) is 54.2 Å². The highest BCUT2D eigenvalue weighted by Crippen LogP contribution is 2.16. The first-order chi connectivity index (χ1) is 10.3. The van der Waals surface area contributed by atoms with Gasteiger partial charge in [-0.3, -0.25) is 0 Å². The summed E-state index contributed by atoms with van der Waals surface area (Å²) in [5, 5.41) is 7.77. The van der Waals surface area contributed by atoms with Gasteiger partial charge in [-0.2, -0.15) is 4.98 Å². The lowest BCUT2D eigenvalue weighted by Crippen LogP contribution is -2.15. The zero-order valence-electron chi connectivity index (χ0n) is 12.0. The summed E-state index contributed by atoms with van der Waals surface area (Å²) >= 11 is 0. The number of rotatable bonds is 5. The van der Waals surface area contributed by atoms with E-state index in [-0.39, 0.29) is 0 Å². The van der Waals surface area contributed by atoms with Crippen molar-refractivity contribution in [3.8, 4) is 0 Å². The molecule has 108 valence electrons. The Bertz CT molecular complexity index is 720. The molecule has 0 aliphatic rings. The summed E-state index contributed by atoms with van der Waals surface area (Å²) in [6.07, 6.45) is 0.891. The lowest BCUT2D eigenvalue weighted by molar-refractivity contribution is 0.575. The Morgan fingerprint density at radius 3 is 2.71 bits per heavy atom. The number of para-hydroxylation sites is 1. The van der Waals surface area contributed by atoms with Crippen molar-refractivity contribution >= 4 is 17.3 Å². The molecule has 0 saturated heterocycles. The van der Waals surface area contributed by atoms with Crippen LogP contribution in [0.3, 0.4) is 0 Å². The first kappa shape index (κ1) is 13.6. The molecule has 3 aromatic rings. The third-order valence-electron chi connectivity index (χ3n) is 3.43. The van der Waals surface area contributed by atoms with Gasteiger partial charge in [0.1, 0.15) is 0 Å². The number of hydrogen-bond donors (Lipinski definition) is 2. The fourth-order valence-corrected chi connectivity index (χ4v) is 2.26. The Kier molecular flexibility index (Phi) is 3.83. The third kappa shape index (κ3) is 3.03. The standard InChI is InChI=1S/C16H19N5/c1-12(11-17)10-14-8-5-9-15-19-16(20-21(14)15)18-13-6-3-2-4-7-13/h2-9,12H,10-11,17H2,1H3,(H,18,20)/t12-/m0/s1. The van der Waals surface area contributed by atoms with Gasteiger partial charge < -0.3 is 11.1 Å². The molecule has 3 N–H and O–H groups in total. The zero-order chi connectivity index (χ0) is 14.7. The molecule has 0 saturated carbocycles. The Morgan fingerprint density at radius 2 is 1.95 bits per heavy atom. The molecule has 0 unspecified atom stereocenters. The highest BCUT2D eigenvalue weighted by atomic mass is 15.4. The number of anilines is 2. The normalized spacial score (nSPS) is 12.5. The fraction of sp³-hybridized carbons (Fsp3) is 0.250. The zero-order valence-corrected chi connectivity index (χ0v) is 12.0. The van der Waals surface area contributed by atoms with E-state index in [1.165, 1.54) is 0 Å². The van der Waals surface area contributed by atoms with Crippen molar-refractivity contribution in [2.75, 3.05) is 11.9 Å². The van der Waals surface area contributed by atoms with Gasteiger partial charge in [-0.15, -0.1) is 5.10 Å². The molecule has 0 spiro atoms. The predicted octanol–water partition coefficient (Wildman–Crippen LogP) is 2.61. The minimum atomic E-state index is 0.422. The lowest BCUT2D eigenvalue weighted by Gasteiger charge is -2.08. The molecule has 1 atom stereocenters. The van der Waals surface area contributed by atoms with Crippen LogP contribution in [0.5, 0.6) is 0 Å². The van der Waals surface area contributed by atoms with Crippen LogP contribution >= 0.6 is 0 Å². The second-order valence-corrected chi connectivity index (χ2v) is 5.26. The summed E-state index contributed by atoms with van der Waals surface area (Å²) in [6.45, 7) is 2.80. The Labute approximate surface area is 123 Å². The van der Waals surface area contributed by atoms with E-state index in [1.807, 2.05) is 47.0 Å². The van der Waals surface area contributed by atoms with Gasteiger partial charge in [0.15, 0.2) is 5.65 Å². The van der Waals surface area contributed by atoms with Crippen molar-refractivity contribution in [1.82, 2.24) is 14.6 Å². The van der Waals surface area contributed by atoms with Crippen LogP contribution in [0.4, 0.5) is 11.6 Å². The van der Waals surface area contributed by atoms with E-state index < -0.39 is 0 Å². The van der Waals surface area contributed by atoms with Crippen LogP contribution in [0, 0.1) is 5.92 Å². The van der Waals surface area contributed by atoms with Crippen LogP contribution in [-0.2, 0) is 6.42 Å². The summed E-state index contributed by atoms with van der Waals surface area (Å²) in [7, 11) is 0.